The lowest BCUT2D eigenvalue weighted by Gasteiger charge is -2.12. The van der Waals surface area contributed by atoms with E-state index in [-0.39, 0.29) is 5.88 Å². The standard InChI is InChI=1S/C13H14F3N3O2/c1-20-10-5-8(7-17)3-4-9(10)19-12(21-2)6-11(18-19)13(14,15)16/h3-6H,7,17H2,1-2H3. The highest BCUT2D eigenvalue weighted by Gasteiger charge is 2.35. The SMILES string of the molecule is COc1cc(CN)ccc1-n1nc(C(F)(F)F)cc1OC. The molecule has 0 radical (unpaired) electrons. The van der Waals surface area contributed by atoms with Crippen molar-refractivity contribution in [2.75, 3.05) is 14.2 Å². The minimum atomic E-state index is -4.55. The quantitative estimate of drug-likeness (QED) is 0.941. The number of aromatic nitrogens is 2. The van der Waals surface area contributed by atoms with Crippen LogP contribution in [0, 0.1) is 0 Å². The molecule has 0 aliphatic heterocycles. The predicted molar refractivity (Wildman–Crippen MR) is 69.6 cm³/mol. The average Bonchev–Trinajstić information content (AvgIpc) is 2.90. The number of ether oxygens (including phenoxy) is 2. The summed E-state index contributed by atoms with van der Waals surface area (Å²) >= 11 is 0. The fourth-order valence-corrected chi connectivity index (χ4v) is 1.84. The molecule has 2 N–H and O–H groups in total. The Morgan fingerprint density at radius 1 is 1.19 bits per heavy atom. The molecule has 5 nitrogen and oxygen atoms in total. The van der Waals surface area contributed by atoms with Gasteiger partial charge in [-0.2, -0.15) is 23.0 Å². The molecular weight excluding hydrogens is 287 g/mol. The third kappa shape index (κ3) is 2.94. The number of rotatable bonds is 4. The summed E-state index contributed by atoms with van der Waals surface area (Å²) < 4.78 is 49.4. The van der Waals surface area contributed by atoms with Gasteiger partial charge in [0, 0.05) is 12.6 Å². The fourth-order valence-electron chi connectivity index (χ4n) is 1.84. The molecule has 0 aliphatic rings. The topological polar surface area (TPSA) is 62.3 Å². The molecule has 8 heteroatoms. The molecule has 0 aliphatic carbocycles. The maximum atomic E-state index is 12.8. The van der Waals surface area contributed by atoms with E-state index < -0.39 is 11.9 Å². The van der Waals surface area contributed by atoms with Crippen molar-refractivity contribution in [1.29, 1.82) is 0 Å². The zero-order valence-corrected chi connectivity index (χ0v) is 11.4. The van der Waals surface area contributed by atoms with Gasteiger partial charge in [0.2, 0.25) is 5.88 Å². The molecule has 0 spiro atoms. The van der Waals surface area contributed by atoms with Crippen LogP contribution in [0.2, 0.25) is 0 Å². The van der Waals surface area contributed by atoms with Crippen LogP contribution in [0.1, 0.15) is 11.3 Å². The summed E-state index contributed by atoms with van der Waals surface area (Å²) in [4.78, 5) is 0. The highest BCUT2D eigenvalue weighted by molar-refractivity contribution is 5.50. The normalized spacial score (nSPS) is 11.5. The van der Waals surface area contributed by atoms with Gasteiger partial charge in [-0.3, -0.25) is 0 Å². The lowest BCUT2D eigenvalue weighted by molar-refractivity contribution is -0.141. The summed E-state index contributed by atoms with van der Waals surface area (Å²) in [5, 5.41) is 3.54. The Morgan fingerprint density at radius 2 is 1.90 bits per heavy atom. The monoisotopic (exact) mass is 301 g/mol. The molecule has 2 aromatic rings. The van der Waals surface area contributed by atoms with Crippen molar-refractivity contribution in [2.24, 2.45) is 5.73 Å². The number of hydrogen-bond donors (Lipinski definition) is 1. The third-order valence-electron chi connectivity index (χ3n) is 2.88. The van der Waals surface area contributed by atoms with Gasteiger partial charge < -0.3 is 15.2 Å². The van der Waals surface area contributed by atoms with E-state index in [9.17, 15) is 13.2 Å². The molecule has 0 amide bonds. The van der Waals surface area contributed by atoms with Crippen molar-refractivity contribution >= 4 is 0 Å². The first-order valence-electron chi connectivity index (χ1n) is 5.99. The molecule has 1 aromatic heterocycles. The second-order valence-electron chi connectivity index (χ2n) is 4.19. The van der Waals surface area contributed by atoms with Gasteiger partial charge in [-0.05, 0) is 17.7 Å². The minimum Gasteiger partial charge on any atom is -0.494 e. The number of hydrogen-bond acceptors (Lipinski definition) is 4. The van der Waals surface area contributed by atoms with E-state index in [1.165, 1.54) is 14.2 Å². The van der Waals surface area contributed by atoms with Gasteiger partial charge >= 0.3 is 6.18 Å². The van der Waals surface area contributed by atoms with E-state index in [1.807, 2.05) is 0 Å². The van der Waals surface area contributed by atoms with Crippen molar-refractivity contribution in [1.82, 2.24) is 9.78 Å². The number of alkyl halides is 3. The second-order valence-corrected chi connectivity index (χ2v) is 4.19. The summed E-state index contributed by atoms with van der Waals surface area (Å²) in [6.07, 6.45) is -4.55. The third-order valence-corrected chi connectivity index (χ3v) is 2.88. The van der Waals surface area contributed by atoms with Crippen molar-refractivity contribution in [3.63, 3.8) is 0 Å². The smallest absolute Gasteiger partial charge is 0.435 e. The summed E-state index contributed by atoms with van der Waals surface area (Å²) in [6.45, 7) is 0.292. The first-order chi connectivity index (χ1) is 9.90. The van der Waals surface area contributed by atoms with Crippen LogP contribution in [0.5, 0.6) is 11.6 Å². The summed E-state index contributed by atoms with van der Waals surface area (Å²) in [5.74, 6) is 0.314. The summed E-state index contributed by atoms with van der Waals surface area (Å²) in [6, 6.07) is 5.74. The largest absolute Gasteiger partial charge is 0.494 e. The fraction of sp³-hybridized carbons (Fsp3) is 0.308. The summed E-state index contributed by atoms with van der Waals surface area (Å²) in [7, 11) is 2.69. The molecule has 0 saturated heterocycles. The zero-order chi connectivity index (χ0) is 15.6. The van der Waals surface area contributed by atoms with Crippen molar-refractivity contribution in [2.45, 2.75) is 12.7 Å². The number of nitrogens with zero attached hydrogens (tertiary/aromatic N) is 2. The zero-order valence-electron chi connectivity index (χ0n) is 11.4. The minimum absolute atomic E-state index is 0.0406. The molecule has 2 rings (SSSR count). The molecular formula is C13H14F3N3O2. The predicted octanol–water partition coefficient (Wildman–Crippen LogP) is 2.37. The molecule has 1 heterocycles. The van der Waals surface area contributed by atoms with Crippen LogP contribution in [0.3, 0.4) is 0 Å². The Hall–Kier alpha value is -2.22. The van der Waals surface area contributed by atoms with Crippen molar-refractivity contribution in [3.05, 3.63) is 35.5 Å². The highest BCUT2D eigenvalue weighted by Crippen LogP contribution is 2.34. The van der Waals surface area contributed by atoms with E-state index in [1.54, 1.807) is 18.2 Å². The van der Waals surface area contributed by atoms with Crippen LogP contribution in [-0.4, -0.2) is 24.0 Å². The Morgan fingerprint density at radius 3 is 2.43 bits per heavy atom. The first-order valence-corrected chi connectivity index (χ1v) is 5.99. The second kappa shape index (κ2) is 5.65. The van der Waals surface area contributed by atoms with Gasteiger partial charge in [-0.15, -0.1) is 0 Å². The molecule has 0 bridgehead atoms. The lowest BCUT2D eigenvalue weighted by atomic mass is 10.2. The molecule has 21 heavy (non-hydrogen) atoms. The highest BCUT2D eigenvalue weighted by atomic mass is 19.4. The number of methoxy groups -OCH3 is 2. The maximum absolute atomic E-state index is 12.8. The average molecular weight is 301 g/mol. The molecule has 0 atom stereocenters. The van der Waals surface area contributed by atoms with Crippen molar-refractivity contribution in [3.8, 4) is 17.3 Å². The van der Waals surface area contributed by atoms with E-state index in [4.69, 9.17) is 15.2 Å². The van der Waals surface area contributed by atoms with Crippen LogP contribution < -0.4 is 15.2 Å². The Bertz CT molecular complexity index is 638. The maximum Gasteiger partial charge on any atom is 0.435 e. The van der Waals surface area contributed by atoms with E-state index in [2.05, 4.69) is 5.10 Å². The lowest BCUT2D eigenvalue weighted by Crippen LogP contribution is -2.08. The van der Waals surface area contributed by atoms with Crippen molar-refractivity contribution < 1.29 is 22.6 Å². The summed E-state index contributed by atoms with van der Waals surface area (Å²) in [5.41, 5.74) is 5.62. The molecule has 0 unspecified atom stereocenters. The van der Waals surface area contributed by atoms with Crippen LogP contribution in [-0.2, 0) is 12.7 Å². The van der Waals surface area contributed by atoms with E-state index in [0.29, 0.717) is 18.0 Å². The van der Waals surface area contributed by atoms with Gasteiger partial charge in [0.15, 0.2) is 5.69 Å². The van der Waals surface area contributed by atoms with Crippen LogP contribution >= 0.6 is 0 Å². The van der Waals surface area contributed by atoms with Gasteiger partial charge in [-0.25, -0.2) is 0 Å². The molecule has 0 fully saturated rings. The van der Waals surface area contributed by atoms with Crippen LogP contribution in [0.4, 0.5) is 13.2 Å². The van der Waals surface area contributed by atoms with Gasteiger partial charge in [0.1, 0.15) is 11.4 Å². The molecule has 0 saturated carbocycles. The molecule has 1 aromatic carbocycles. The van der Waals surface area contributed by atoms with Crippen LogP contribution in [0.15, 0.2) is 24.3 Å². The van der Waals surface area contributed by atoms with E-state index in [0.717, 1.165) is 16.3 Å². The Labute approximate surface area is 119 Å². The molecule has 114 valence electrons. The number of benzene rings is 1. The number of nitrogens with two attached hydrogens (primary N) is 1. The first kappa shape index (κ1) is 15.2. The Balaban J connectivity index is 2.58. The van der Waals surface area contributed by atoms with Gasteiger partial charge in [0.25, 0.3) is 0 Å². The Kier molecular flexibility index (Phi) is 4.08. The van der Waals surface area contributed by atoms with Gasteiger partial charge in [-0.1, -0.05) is 6.07 Å². The van der Waals surface area contributed by atoms with Gasteiger partial charge in [0.05, 0.1) is 14.2 Å². The number of halogens is 3. The van der Waals surface area contributed by atoms with Crippen LogP contribution in [0.25, 0.3) is 5.69 Å². The van der Waals surface area contributed by atoms with E-state index >= 15 is 0 Å².